The van der Waals surface area contributed by atoms with E-state index >= 15 is 0 Å². The van der Waals surface area contributed by atoms with Crippen molar-refractivity contribution in [1.82, 2.24) is 5.32 Å². The van der Waals surface area contributed by atoms with E-state index in [9.17, 15) is 14.9 Å². The molecule has 0 unspecified atom stereocenters. The van der Waals surface area contributed by atoms with E-state index < -0.39 is 4.92 Å². The SMILES string of the molecule is NCCCCCC(=O)NCc1ccccc1[N+](=O)[O-]. The number of benzene rings is 1. The zero-order chi connectivity index (χ0) is 14.1. The minimum atomic E-state index is -0.442. The Balaban J connectivity index is 2.40. The van der Waals surface area contributed by atoms with E-state index in [1.54, 1.807) is 18.2 Å². The molecule has 6 heteroatoms. The second kappa shape index (κ2) is 8.20. The van der Waals surface area contributed by atoms with Gasteiger partial charge in [0.15, 0.2) is 0 Å². The fraction of sp³-hybridized carbons (Fsp3) is 0.462. The Morgan fingerprint density at radius 3 is 2.68 bits per heavy atom. The van der Waals surface area contributed by atoms with Gasteiger partial charge in [-0.1, -0.05) is 24.6 Å². The first-order valence-corrected chi connectivity index (χ1v) is 6.34. The molecule has 1 amide bonds. The number of nitrogens with zero attached hydrogens (tertiary/aromatic N) is 1. The number of carbonyl (C=O) groups excluding carboxylic acids is 1. The minimum Gasteiger partial charge on any atom is -0.352 e. The number of hydrogen-bond donors (Lipinski definition) is 2. The molecule has 1 aromatic rings. The standard InChI is InChI=1S/C13H19N3O3/c14-9-5-1-2-8-13(17)15-10-11-6-3-4-7-12(11)16(18)19/h3-4,6-7H,1-2,5,8-10,14H2,(H,15,17). The molecule has 0 aliphatic rings. The molecule has 0 radical (unpaired) electrons. The van der Waals surface area contributed by atoms with Gasteiger partial charge in [-0.05, 0) is 19.4 Å². The van der Waals surface area contributed by atoms with Gasteiger partial charge in [-0.25, -0.2) is 0 Å². The highest BCUT2D eigenvalue weighted by atomic mass is 16.6. The summed E-state index contributed by atoms with van der Waals surface area (Å²) in [5, 5.41) is 13.5. The van der Waals surface area contributed by atoms with Gasteiger partial charge < -0.3 is 11.1 Å². The molecule has 104 valence electrons. The van der Waals surface area contributed by atoms with Crippen LogP contribution in [0, 0.1) is 10.1 Å². The van der Waals surface area contributed by atoms with Crippen LogP contribution in [0.25, 0.3) is 0 Å². The number of nitro groups is 1. The fourth-order valence-electron chi connectivity index (χ4n) is 1.73. The highest BCUT2D eigenvalue weighted by Gasteiger charge is 2.12. The van der Waals surface area contributed by atoms with E-state index in [0.717, 1.165) is 19.3 Å². The highest BCUT2D eigenvalue weighted by Crippen LogP contribution is 2.17. The lowest BCUT2D eigenvalue weighted by Crippen LogP contribution is -2.22. The maximum Gasteiger partial charge on any atom is 0.274 e. The van der Waals surface area contributed by atoms with Crippen LogP contribution >= 0.6 is 0 Å². The molecule has 0 aliphatic heterocycles. The molecule has 0 fully saturated rings. The summed E-state index contributed by atoms with van der Waals surface area (Å²) in [7, 11) is 0. The highest BCUT2D eigenvalue weighted by molar-refractivity contribution is 5.75. The maximum absolute atomic E-state index is 11.5. The monoisotopic (exact) mass is 265 g/mol. The number of nitro benzene ring substituents is 1. The van der Waals surface area contributed by atoms with E-state index in [-0.39, 0.29) is 18.1 Å². The Hall–Kier alpha value is -1.95. The van der Waals surface area contributed by atoms with Crippen molar-refractivity contribution in [2.45, 2.75) is 32.2 Å². The molecule has 0 atom stereocenters. The lowest BCUT2D eigenvalue weighted by Gasteiger charge is -2.05. The number of para-hydroxylation sites is 1. The van der Waals surface area contributed by atoms with Gasteiger partial charge in [-0.3, -0.25) is 14.9 Å². The first kappa shape index (κ1) is 15.1. The first-order chi connectivity index (χ1) is 9.15. The summed E-state index contributed by atoms with van der Waals surface area (Å²) in [6.07, 6.45) is 3.06. The Morgan fingerprint density at radius 1 is 1.26 bits per heavy atom. The fourth-order valence-corrected chi connectivity index (χ4v) is 1.73. The van der Waals surface area contributed by atoms with Crippen LogP contribution in [0.2, 0.25) is 0 Å². The van der Waals surface area contributed by atoms with Crippen LogP contribution in [-0.2, 0) is 11.3 Å². The summed E-state index contributed by atoms with van der Waals surface area (Å²) in [6, 6.07) is 6.40. The summed E-state index contributed by atoms with van der Waals surface area (Å²) in [5.41, 5.74) is 5.91. The van der Waals surface area contributed by atoms with Crippen molar-refractivity contribution >= 4 is 11.6 Å². The van der Waals surface area contributed by atoms with Crippen molar-refractivity contribution in [3.05, 3.63) is 39.9 Å². The van der Waals surface area contributed by atoms with Gasteiger partial charge in [0, 0.05) is 24.6 Å². The van der Waals surface area contributed by atoms with E-state index in [4.69, 9.17) is 5.73 Å². The van der Waals surface area contributed by atoms with Crippen LogP contribution < -0.4 is 11.1 Å². The summed E-state index contributed by atoms with van der Waals surface area (Å²) in [4.78, 5) is 21.9. The summed E-state index contributed by atoms with van der Waals surface area (Å²) >= 11 is 0. The zero-order valence-corrected chi connectivity index (χ0v) is 10.8. The topological polar surface area (TPSA) is 98.3 Å². The predicted octanol–water partition coefficient (Wildman–Crippen LogP) is 1.73. The zero-order valence-electron chi connectivity index (χ0n) is 10.8. The van der Waals surface area contributed by atoms with E-state index in [2.05, 4.69) is 5.32 Å². The van der Waals surface area contributed by atoms with Crippen LogP contribution in [0.4, 0.5) is 5.69 Å². The summed E-state index contributed by atoms with van der Waals surface area (Å²) < 4.78 is 0. The number of carbonyl (C=O) groups is 1. The van der Waals surface area contributed by atoms with Crippen molar-refractivity contribution < 1.29 is 9.72 Å². The Labute approximate surface area is 112 Å². The molecule has 0 aromatic heterocycles. The average Bonchev–Trinajstić information content (AvgIpc) is 2.41. The van der Waals surface area contributed by atoms with Gasteiger partial charge in [0.05, 0.1) is 4.92 Å². The molecule has 19 heavy (non-hydrogen) atoms. The number of nitrogens with two attached hydrogens (primary N) is 1. The molecule has 0 saturated heterocycles. The summed E-state index contributed by atoms with van der Waals surface area (Å²) in [6.45, 7) is 0.824. The van der Waals surface area contributed by atoms with Gasteiger partial charge in [0.2, 0.25) is 5.91 Å². The van der Waals surface area contributed by atoms with Crippen molar-refractivity contribution in [3.63, 3.8) is 0 Å². The average molecular weight is 265 g/mol. The summed E-state index contributed by atoms with van der Waals surface area (Å²) in [5.74, 6) is -0.0878. The third-order valence-electron chi connectivity index (χ3n) is 2.77. The number of amides is 1. The second-order valence-corrected chi connectivity index (χ2v) is 4.26. The first-order valence-electron chi connectivity index (χ1n) is 6.34. The van der Waals surface area contributed by atoms with Crippen molar-refractivity contribution in [3.8, 4) is 0 Å². The smallest absolute Gasteiger partial charge is 0.274 e. The minimum absolute atomic E-state index is 0.0333. The molecule has 0 saturated carbocycles. The Bertz CT molecular complexity index is 435. The lowest BCUT2D eigenvalue weighted by atomic mass is 10.1. The number of unbranched alkanes of at least 4 members (excludes halogenated alkanes) is 2. The van der Waals surface area contributed by atoms with Crippen LogP contribution in [0.15, 0.2) is 24.3 Å². The van der Waals surface area contributed by atoms with E-state index in [1.807, 2.05) is 0 Å². The van der Waals surface area contributed by atoms with Gasteiger partial charge in [-0.15, -0.1) is 0 Å². The third-order valence-corrected chi connectivity index (χ3v) is 2.77. The van der Waals surface area contributed by atoms with Gasteiger partial charge in [0.1, 0.15) is 0 Å². The molecule has 6 nitrogen and oxygen atoms in total. The van der Waals surface area contributed by atoms with Crippen molar-refractivity contribution in [2.24, 2.45) is 5.73 Å². The Morgan fingerprint density at radius 2 is 2.00 bits per heavy atom. The third kappa shape index (κ3) is 5.48. The molecular weight excluding hydrogens is 246 g/mol. The van der Waals surface area contributed by atoms with Crippen molar-refractivity contribution in [1.29, 1.82) is 0 Å². The normalized spacial score (nSPS) is 10.2. The molecule has 0 aliphatic carbocycles. The van der Waals surface area contributed by atoms with Gasteiger partial charge >= 0.3 is 0 Å². The molecule has 3 N–H and O–H groups in total. The largest absolute Gasteiger partial charge is 0.352 e. The van der Waals surface area contributed by atoms with E-state index in [1.165, 1.54) is 6.07 Å². The van der Waals surface area contributed by atoms with Crippen molar-refractivity contribution in [2.75, 3.05) is 6.54 Å². The predicted molar refractivity (Wildman–Crippen MR) is 72.5 cm³/mol. The van der Waals surface area contributed by atoms with E-state index in [0.29, 0.717) is 18.5 Å². The van der Waals surface area contributed by atoms with Gasteiger partial charge in [0.25, 0.3) is 5.69 Å². The Kier molecular flexibility index (Phi) is 6.52. The molecule has 0 heterocycles. The maximum atomic E-state index is 11.5. The van der Waals surface area contributed by atoms with Crippen LogP contribution in [0.1, 0.15) is 31.2 Å². The number of hydrogen-bond acceptors (Lipinski definition) is 4. The molecular formula is C13H19N3O3. The van der Waals surface area contributed by atoms with Crippen LogP contribution in [0.5, 0.6) is 0 Å². The number of rotatable bonds is 8. The van der Waals surface area contributed by atoms with Gasteiger partial charge in [-0.2, -0.15) is 0 Å². The quantitative estimate of drug-likeness (QED) is 0.425. The lowest BCUT2D eigenvalue weighted by molar-refractivity contribution is -0.385. The molecule has 0 spiro atoms. The van der Waals surface area contributed by atoms with Crippen LogP contribution in [0.3, 0.4) is 0 Å². The van der Waals surface area contributed by atoms with Crippen LogP contribution in [-0.4, -0.2) is 17.4 Å². The molecule has 0 bridgehead atoms. The second-order valence-electron chi connectivity index (χ2n) is 4.26. The molecule has 1 aromatic carbocycles. The molecule has 1 rings (SSSR count). The number of nitrogens with one attached hydrogen (secondary N) is 1.